The van der Waals surface area contributed by atoms with Crippen LogP contribution in [0.2, 0.25) is 0 Å². The van der Waals surface area contributed by atoms with Crippen molar-refractivity contribution in [2.24, 2.45) is 0 Å². The van der Waals surface area contributed by atoms with Crippen molar-refractivity contribution in [2.45, 2.75) is 6.42 Å². The monoisotopic (exact) mass is 339 g/mol. The third kappa shape index (κ3) is 3.77. The van der Waals surface area contributed by atoms with Gasteiger partial charge in [0, 0.05) is 22.2 Å². The van der Waals surface area contributed by atoms with Gasteiger partial charge in [0.1, 0.15) is 5.82 Å². The van der Waals surface area contributed by atoms with Gasteiger partial charge in [-0.15, -0.1) is 0 Å². The molecule has 0 atom stereocenters. The van der Waals surface area contributed by atoms with Gasteiger partial charge in [0.15, 0.2) is 0 Å². The van der Waals surface area contributed by atoms with Gasteiger partial charge < -0.3 is 5.32 Å². The number of amides is 1. The molecule has 5 heteroatoms. The second-order valence-electron chi connectivity index (χ2n) is 3.45. The smallest absolute Gasteiger partial charge is 0.230 e. The molecule has 17 heavy (non-hydrogen) atoms. The van der Waals surface area contributed by atoms with Crippen LogP contribution in [0.1, 0.15) is 5.56 Å². The Morgan fingerprint density at radius 2 is 2.18 bits per heavy atom. The lowest BCUT2D eigenvalue weighted by atomic mass is 10.2. The minimum Gasteiger partial charge on any atom is -0.310 e. The van der Waals surface area contributed by atoms with Crippen molar-refractivity contribution >= 4 is 34.3 Å². The van der Waals surface area contributed by atoms with E-state index in [9.17, 15) is 4.79 Å². The van der Waals surface area contributed by atoms with Gasteiger partial charge in [-0.1, -0.05) is 6.07 Å². The summed E-state index contributed by atoms with van der Waals surface area (Å²) in [5.74, 6) is 0.478. The first kappa shape index (κ1) is 12.0. The van der Waals surface area contributed by atoms with E-state index >= 15 is 0 Å². The van der Waals surface area contributed by atoms with E-state index < -0.39 is 0 Å². The van der Waals surface area contributed by atoms with Crippen LogP contribution >= 0.6 is 22.6 Å². The summed E-state index contributed by atoms with van der Waals surface area (Å²) < 4.78 is 1.04. The molecular formula is C12H10IN3O. The maximum Gasteiger partial charge on any atom is 0.230 e. The van der Waals surface area contributed by atoms with Crippen LogP contribution < -0.4 is 5.32 Å². The van der Waals surface area contributed by atoms with Crippen LogP contribution in [0.3, 0.4) is 0 Å². The second-order valence-corrected chi connectivity index (χ2v) is 4.69. The van der Waals surface area contributed by atoms with Crippen molar-refractivity contribution < 1.29 is 4.79 Å². The Balaban J connectivity index is 1.96. The maximum absolute atomic E-state index is 11.7. The number of carbonyl (C=O) groups is 1. The van der Waals surface area contributed by atoms with Crippen molar-refractivity contribution in [3.8, 4) is 0 Å². The van der Waals surface area contributed by atoms with Gasteiger partial charge in [0.2, 0.25) is 5.91 Å². The quantitative estimate of drug-likeness (QED) is 0.873. The van der Waals surface area contributed by atoms with Gasteiger partial charge in [-0.3, -0.25) is 9.78 Å². The van der Waals surface area contributed by atoms with Crippen molar-refractivity contribution in [1.82, 2.24) is 9.97 Å². The Morgan fingerprint density at radius 3 is 2.82 bits per heavy atom. The summed E-state index contributed by atoms with van der Waals surface area (Å²) in [6.45, 7) is 0. The zero-order valence-corrected chi connectivity index (χ0v) is 11.1. The lowest BCUT2D eigenvalue weighted by molar-refractivity contribution is -0.115. The van der Waals surface area contributed by atoms with E-state index in [2.05, 4.69) is 37.9 Å². The number of rotatable bonds is 3. The summed E-state index contributed by atoms with van der Waals surface area (Å²) >= 11 is 2.17. The lowest BCUT2D eigenvalue weighted by Gasteiger charge is -2.04. The highest BCUT2D eigenvalue weighted by Crippen LogP contribution is 2.07. The minimum absolute atomic E-state index is 0.0910. The molecule has 0 aliphatic heterocycles. The Morgan fingerprint density at radius 1 is 1.29 bits per heavy atom. The van der Waals surface area contributed by atoms with Crippen LogP contribution in [-0.4, -0.2) is 15.9 Å². The van der Waals surface area contributed by atoms with Crippen LogP contribution in [0, 0.1) is 3.57 Å². The molecule has 0 spiro atoms. The fourth-order valence-corrected chi connectivity index (χ4v) is 1.64. The topological polar surface area (TPSA) is 54.9 Å². The van der Waals surface area contributed by atoms with Crippen molar-refractivity contribution in [1.29, 1.82) is 0 Å². The number of aromatic nitrogens is 2. The van der Waals surface area contributed by atoms with E-state index in [4.69, 9.17) is 0 Å². The Hall–Kier alpha value is -1.50. The SMILES string of the molecule is O=C(Cc1cccnc1)Nc1ccc(I)cn1. The summed E-state index contributed by atoms with van der Waals surface area (Å²) in [4.78, 5) is 19.8. The number of halogens is 1. The predicted octanol–water partition coefficient (Wildman–Crippen LogP) is 2.26. The van der Waals surface area contributed by atoms with E-state index in [-0.39, 0.29) is 5.91 Å². The molecule has 4 nitrogen and oxygen atoms in total. The molecule has 0 aliphatic rings. The molecule has 2 heterocycles. The second kappa shape index (κ2) is 5.72. The number of anilines is 1. The number of hydrogen-bond acceptors (Lipinski definition) is 3. The Kier molecular flexibility index (Phi) is 4.03. The first-order valence-electron chi connectivity index (χ1n) is 5.04. The zero-order chi connectivity index (χ0) is 12.1. The molecule has 86 valence electrons. The van der Waals surface area contributed by atoms with E-state index in [0.29, 0.717) is 12.2 Å². The molecule has 2 aromatic heterocycles. The van der Waals surface area contributed by atoms with Gasteiger partial charge in [0.25, 0.3) is 0 Å². The van der Waals surface area contributed by atoms with Crippen molar-refractivity contribution in [3.63, 3.8) is 0 Å². The molecular weight excluding hydrogens is 329 g/mol. The third-order valence-corrected chi connectivity index (χ3v) is 2.72. The van der Waals surface area contributed by atoms with Gasteiger partial charge in [0.05, 0.1) is 6.42 Å². The zero-order valence-electron chi connectivity index (χ0n) is 8.93. The molecule has 0 bridgehead atoms. The minimum atomic E-state index is -0.0910. The summed E-state index contributed by atoms with van der Waals surface area (Å²) in [5, 5.41) is 2.74. The fraction of sp³-hybridized carbons (Fsp3) is 0.0833. The van der Waals surface area contributed by atoms with Crippen molar-refractivity contribution in [3.05, 3.63) is 52.0 Å². The molecule has 0 aromatic carbocycles. The molecule has 0 radical (unpaired) electrons. The van der Waals surface area contributed by atoms with E-state index in [1.54, 1.807) is 24.7 Å². The predicted molar refractivity (Wildman–Crippen MR) is 73.5 cm³/mol. The number of nitrogens with zero attached hydrogens (tertiary/aromatic N) is 2. The fourth-order valence-electron chi connectivity index (χ4n) is 1.32. The average Bonchev–Trinajstić information content (AvgIpc) is 2.33. The molecule has 1 N–H and O–H groups in total. The van der Waals surface area contributed by atoms with Gasteiger partial charge in [-0.05, 0) is 46.4 Å². The summed E-state index contributed by atoms with van der Waals surface area (Å²) in [5.41, 5.74) is 0.885. The number of pyridine rings is 2. The van der Waals surface area contributed by atoms with E-state index in [1.165, 1.54) is 0 Å². The highest BCUT2D eigenvalue weighted by molar-refractivity contribution is 14.1. The van der Waals surface area contributed by atoms with Gasteiger partial charge >= 0.3 is 0 Å². The van der Waals surface area contributed by atoms with E-state index in [0.717, 1.165) is 9.13 Å². The normalized spacial score (nSPS) is 9.94. The first-order chi connectivity index (χ1) is 8.24. The van der Waals surface area contributed by atoms with Crippen LogP contribution in [-0.2, 0) is 11.2 Å². The maximum atomic E-state index is 11.7. The lowest BCUT2D eigenvalue weighted by Crippen LogP contribution is -2.15. The summed E-state index contributed by atoms with van der Waals surface area (Å²) in [6, 6.07) is 7.36. The van der Waals surface area contributed by atoms with Crippen LogP contribution in [0.15, 0.2) is 42.9 Å². The molecule has 2 rings (SSSR count). The molecule has 2 aromatic rings. The molecule has 1 amide bonds. The first-order valence-corrected chi connectivity index (χ1v) is 6.12. The number of hydrogen-bond donors (Lipinski definition) is 1. The molecule has 0 saturated heterocycles. The van der Waals surface area contributed by atoms with Crippen LogP contribution in [0.5, 0.6) is 0 Å². The molecule has 0 aliphatic carbocycles. The Bertz CT molecular complexity index is 499. The third-order valence-electron chi connectivity index (χ3n) is 2.08. The highest BCUT2D eigenvalue weighted by Gasteiger charge is 2.04. The van der Waals surface area contributed by atoms with Crippen LogP contribution in [0.25, 0.3) is 0 Å². The number of carbonyl (C=O) groups excluding carboxylic acids is 1. The molecule has 0 fully saturated rings. The van der Waals surface area contributed by atoms with Gasteiger partial charge in [-0.2, -0.15) is 0 Å². The summed E-state index contributed by atoms with van der Waals surface area (Å²) in [6.07, 6.45) is 5.38. The Labute approximate surface area is 113 Å². The van der Waals surface area contributed by atoms with E-state index in [1.807, 2.05) is 18.2 Å². The molecule has 0 unspecified atom stereocenters. The molecule has 0 saturated carbocycles. The van der Waals surface area contributed by atoms with Crippen LogP contribution in [0.4, 0.5) is 5.82 Å². The number of nitrogens with one attached hydrogen (secondary N) is 1. The average molecular weight is 339 g/mol. The highest BCUT2D eigenvalue weighted by atomic mass is 127. The summed E-state index contributed by atoms with van der Waals surface area (Å²) in [7, 11) is 0. The van der Waals surface area contributed by atoms with Crippen molar-refractivity contribution in [2.75, 3.05) is 5.32 Å². The van der Waals surface area contributed by atoms with Gasteiger partial charge in [-0.25, -0.2) is 4.98 Å². The standard InChI is InChI=1S/C12H10IN3O/c13-10-3-4-11(15-8-10)16-12(17)6-9-2-1-5-14-7-9/h1-5,7-8H,6H2,(H,15,16,17). The largest absolute Gasteiger partial charge is 0.310 e.